The molecule has 0 aromatic heterocycles. The lowest BCUT2D eigenvalue weighted by Gasteiger charge is -2.15. The van der Waals surface area contributed by atoms with E-state index in [2.05, 4.69) is 0 Å². The molecule has 0 saturated heterocycles. The Hall–Kier alpha value is -1.63. The van der Waals surface area contributed by atoms with Crippen molar-refractivity contribution >= 4 is 17.8 Å². The fourth-order valence-electron chi connectivity index (χ4n) is 2.05. The van der Waals surface area contributed by atoms with Crippen LogP contribution in [0.5, 0.6) is 0 Å². The van der Waals surface area contributed by atoms with E-state index in [0.717, 1.165) is 17.0 Å². The van der Waals surface area contributed by atoms with E-state index in [1.165, 1.54) is 0 Å². The normalized spacial score (nSPS) is 11.8. The molecule has 0 unspecified atom stereocenters. The largest absolute Gasteiger partial charge is 0.396 e. The summed E-state index contributed by atoms with van der Waals surface area (Å²) in [4.78, 5) is 0. The maximum absolute atomic E-state index is 13.4. The number of aliphatic hydroxyl groups excluding tert-OH is 1. The average molecular weight is 286 g/mol. The zero-order chi connectivity index (χ0) is 14.3. The molecule has 2 rings (SSSR count). The van der Waals surface area contributed by atoms with Gasteiger partial charge in [0.2, 0.25) is 0 Å². The molecule has 0 saturated carbocycles. The highest BCUT2D eigenvalue weighted by molar-refractivity contribution is 7.81. The monoisotopic (exact) mass is 286 g/mol. The van der Waals surface area contributed by atoms with Gasteiger partial charge >= 0.3 is 0 Å². The van der Waals surface area contributed by atoms with Crippen molar-refractivity contribution in [1.82, 2.24) is 0 Å². The third-order valence-electron chi connectivity index (χ3n) is 3.12. The minimum atomic E-state index is -2.73. The quantitative estimate of drug-likeness (QED) is 0.653. The fourth-order valence-corrected chi connectivity index (χ4v) is 4.37. The number of allylic oxidation sites excluding steroid dienone is 1. The van der Waals surface area contributed by atoms with E-state index >= 15 is 0 Å². The lowest BCUT2D eigenvalue weighted by Crippen LogP contribution is -2.13. The highest BCUT2D eigenvalue weighted by atomic mass is 31.2. The lowest BCUT2D eigenvalue weighted by molar-refractivity contribution is 0.289. The van der Waals surface area contributed by atoms with E-state index < -0.39 is 7.14 Å². The van der Waals surface area contributed by atoms with Crippen LogP contribution in [0, 0.1) is 0 Å². The predicted octanol–water partition coefficient (Wildman–Crippen LogP) is 3.29. The first kappa shape index (κ1) is 14.8. The summed E-state index contributed by atoms with van der Waals surface area (Å²) < 4.78 is 13.4. The second-order valence-electron chi connectivity index (χ2n) is 4.58. The minimum Gasteiger partial charge on any atom is -0.396 e. The highest BCUT2D eigenvalue weighted by Crippen LogP contribution is 2.44. The van der Waals surface area contributed by atoms with Gasteiger partial charge < -0.3 is 9.67 Å². The molecular formula is C17H19O2P. The number of hydrogen-bond acceptors (Lipinski definition) is 2. The molecule has 0 aliphatic rings. The van der Waals surface area contributed by atoms with E-state index in [1.54, 1.807) is 0 Å². The summed E-state index contributed by atoms with van der Waals surface area (Å²) in [6, 6.07) is 19.1. The van der Waals surface area contributed by atoms with Crippen LogP contribution < -0.4 is 10.6 Å². The molecule has 3 heteroatoms. The van der Waals surface area contributed by atoms with Crippen molar-refractivity contribution in [2.75, 3.05) is 6.61 Å². The first-order chi connectivity index (χ1) is 9.77. The molecule has 2 aromatic rings. The molecule has 0 amide bonds. The molecule has 104 valence electrons. The van der Waals surface area contributed by atoms with E-state index in [-0.39, 0.29) is 6.61 Å². The van der Waals surface area contributed by atoms with Crippen LogP contribution in [0.1, 0.15) is 12.8 Å². The Labute approximate surface area is 120 Å². The van der Waals surface area contributed by atoms with Crippen molar-refractivity contribution in [1.29, 1.82) is 0 Å². The molecule has 0 atom stereocenters. The molecule has 1 N–H and O–H groups in total. The summed E-state index contributed by atoms with van der Waals surface area (Å²) in [5.41, 5.74) is 0. The molecule has 20 heavy (non-hydrogen) atoms. The van der Waals surface area contributed by atoms with E-state index in [0.29, 0.717) is 6.42 Å². The Morgan fingerprint density at radius 2 is 1.40 bits per heavy atom. The molecule has 0 bridgehead atoms. The maximum Gasteiger partial charge on any atom is 0.163 e. The van der Waals surface area contributed by atoms with Crippen LogP contribution in [0.25, 0.3) is 0 Å². The maximum atomic E-state index is 13.4. The van der Waals surface area contributed by atoms with E-state index in [4.69, 9.17) is 5.11 Å². The van der Waals surface area contributed by atoms with Gasteiger partial charge in [0.1, 0.15) is 0 Å². The van der Waals surface area contributed by atoms with E-state index in [9.17, 15) is 4.57 Å². The van der Waals surface area contributed by atoms with Crippen LogP contribution in [0.4, 0.5) is 0 Å². The van der Waals surface area contributed by atoms with Gasteiger partial charge in [-0.25, -0.2) is 0 Å². The number of benzene rings is 2. The summed E-state index contributed by atoms with van der Waals surface area (Å²) in [6.07, 6.45) is 3.34. The smallest absolute Gasteiger partial charge is 0.163 e. The summed E-state index contributed by atoms with van der Waals surface area (Å²) in [6.45, 7) is 0.158. The minimum absolute atomic E-state index is 0.158. The molecule has 0 fully saturated rings. The fraction of sp³-hybridized carbons (Fsp3) is 0.176. The first-order valence-corrected chi connectivity index (χ1v) is 8.54. The Bertz CT molecular complexity index is 547. The highest BCUT2D eigenvalue weighted by Gasteiger charge is 2.23. The number of hydrogen-bond donors (Lipinski definition) is 1. The number of unbranched alkanes of at least 4 members (excludes halogenated alkanes) is 1. The molecule has 0 spiro atoms. The Morgan fingerprint density at radius 3 is 1.85 bits per heavy atom. The van der Waals surface area contributed by atoms with Crippen molar-refractivity contribution in [3.8, 4) is 0 Å². The molecule has 0 heterocycles. The molecular weight excluding hydrogens is 267 g/mol. The second-order valence-corrected chi connectivity index (χ2v) is 7.23. The SMILES string of the molecule is O=P(/C=C\CCCO)(c1ccccc1)c1ccccc1. The van der Waals surface area contributed by atoms with Crippen molar-refractivity contribution in [3.05, 3.63) is 72.6 Å². The number of aliphatic hydroxyl groups is 1. The van der Waals surface area contributed by atoms with Gasteiger partial charge in [-0.05, 0) is 18.7 Å². The van der Waals surface area contributed by atoms with Gasteiger partial charge in [0.15, 0.2) is 7.14 Å². The van der Waals surface area contributed by atoms with Crippen LogP contribution in [0.15, 0.2) is 72.6 Å². The van der Waals surface area contributed by atoms with Crippen LogP contribution >= 0.6 is 7.14 Å². The first-order valence-electron chi connectivity index (χ1n) is 6.77. The molecule has 0 radical (unpaired) electrons. The topological polar surface area (TPSA) is 37.3 Å². The second kappa shape index (κ2) is 7.23. The van der Waals surface area contributed by atoms with Gasteiger partial charge in [0, 0.05) is 17.2 Å². The van der Waals surface area contributed by atoms with Gasteiger partial charge in [-0.3, -0.25) is 0 Å². The Balaban J connectivity index is 2.39. The third-order valence-corrected chi connectivity index (χ3v) is 5.89. The summed E-state index contributed by atoms with van der Waals surface area (Å²) >= 11 is 0. The standard InChI is InChI=1S/C17H19O2P/c18-14-8-3-9-15-20(19,16-10-4-1-5-11-16)17-12-6-2-7-13-17/h1-2,4-7,9-13,15,18H,3,8,14H2/b15-9-. The Morgan fingerprint density at radius 1 is 0.900 bits per heavy atom. The molecule has 0 aliphatic heterocycles. The summed E-state index contributed by atoms with van der Waals surface area (Å²) in [5.74, 6) is 1.81. The Kier molecular flexibility index (Phi) is 5.34. The zero-order valence-electron chi connectivity index (χ0n) is 11.4. The van der Waals surface area contributed by atoms with Crippen LogP contribution in [0.2, 0.25) is 0 Å². The van der Waals surface area contributed by atoms with Crippen molar-refractivity contribution < 1.29 is 9.67 Å². The predicted molar refractivity (Wildman–Crippen MR) is 85.2 cm³/mol. The van der Waals surface area contributed by atoms with Gasteiger partial charge in [-0.1, -0.05) is 66.7 Å². The van der Waals surface area contributed by atoms with Crippen LogP contribution in [-0.4, -0.2) is 11.7 Å². The van der Waals surface area contributed by atoms with Crippen molar-refractivity contribution in [3.63, 3.8) is 0 Å². The van der Waals surface area contributed by atoms with Crippen molar-refractivity contribution in [2.24, 2.45) is 0 Å². The zero-order valence-corrected chi connectivity index (χ0v) is 12.2. The van der Waals surface area contributed by atoms with Crippen molar-refractivity contribution in [2.45, 2.75) is 12.8 Å². The van der Waals surface area contributed by atoms with Gasteiger partial charge in [-0.2, -0.15) is 0 Å². The summed E-state index contributed by atoms with van der Waals surface area (Å²) in [5, 5.41) is 10.5. The molecule has 2 aromatic carbocycles. The van der Waals surface area contributed by atoms with E-state index in [1.807, 2.05) is 72.6 Å². The average Bonchev–Trinajstić information content (AvgIpc) is 2.53. The van der Waals surface area contributed by atoms with Crippen LogP contribution in [0.3, 0.4) is 0 Å². The van der Waals surface area contributed by atoms with Gasteiger partial charge in [0.25, 0.3) is 0 Å². The molecule has 0 aliphatic carbocycles. The third kappa shape index (κ3) is 3.47. The van der Waals surface area contributed by atoms with Crippen LogP contribution in [-0.2, 0) is 4.57 Å². The summed E-state index contributed by atoms with van der Waals surface area (Å²) in [7, 11) is -2.73. The number of rotatable bonds is 6. The van der Waals surface area contributed by atoms with Gasteiger partial charge in [0.05, 0.1) is 0 Å². The molecule has 2 nitrogen and oxygen atoms in total. The lowest BCUT2D eigenvalue weighted by atomic mass is 10.3. The van der Waals surface area contributed by atoms with Gasteiger partial charge in [-0.15, -0.1) is 0 Å².